The van der Waals surface area contributed by atoms with Gasteiger partial charge in [0.25, 0.3) is 0 Å². The third-order valence-electron chi connectivity index (χ3n) is 5.14. The SMILES string of the molecule is CC1(C)CCC(C)(C)C(O)C(O)C(C)(C)C(O)C1O. The maximum atomic E-state index is 10.4. The first-order valence-electron chi connectivity index (χ1n) is 7.06. The van der Waals surface area contributed by atoms with Gasteiger partial charge in [-0.2, -0.15) is 0 Å². The van der Waals surface area contributed by atoms with Gasteiger partial charge in [-0.15, -0.1) is 0 Å². The van der Waals surface area contributed by atoms with E-state index in [1.807, 2.05) is 27.7 Å². The first-order chi connectivity index (χ1) is 8.34. The Balaban J connectivity index is 3.25. The fraction of sp³-hybridized carbons (Fsp3) is 1.00. The molecule has 4 heteroatoms. The Morgan fingerprint density at radius 2 is 0.842 bits per heavy atom. The van der Waals surface area contributed by atoms with Gasteiger partial charge in [0, 0.05) is 5.41 Å². The van der Waals surface area contributed by atoms with Crippen molar-refractivity contribution in [1.82, 2.24) is 0 Å². The highest BCUT2D eigenvalue weighted by Gasteiger charge is 2.51. The zero-order chi connectivity index (χ0) is 15.2. The van der Waals surface area contributed by atoms with Crippen molar-refractivity contribution >= 4 is 0 Å². The summed E-state index contributed by atoms with van der Waals surface area (Å²) < 4.78 is 0. The first kappa shape index (κ1) is 16.9. The summed E-state index contributed by atoms with van der Waals surface area (Å²) in [6.45, 7) is 11.0. The molecule has 1 rings (SSSR count). The zero-order valence-electron chi connectivity index (χ0n) is 13.0. The molecule has 0 radical (unpaired) electrons. The molecule has 1 aliphatic rings. The van der Waals surface area contributed by atoms with Gasteiger partial charge in [0.1, 0.15) is 0 Å². The average Bonchev–Trinajstić information content (AvgIpc) is 2.32. The molecule has 4 atom stereocenters. The molecule has 0 spiro atoms. The summed E-state index contributed by atoms with van der Waals surface area (Å²) in [5.74, 6) is 0. The van der Waals surface area contributed by atoms with E-state index < -0.39 is 40.7 Å². The second kappa shape index (κ2) is 4.99. The van der Waals surface area contributed by atoms with Gasteiger partial charge in [-0.25, -0.2) is 0 Å². The molecule has 4 N–H and O–H groups in total. The van der Waals surface area contributed by atoms with E-state index in [9.17, 15) is 20.4 Å². The van der Waals surface area contributed by atoms with Gasteiger partial charge in [0.2, 0.25) is 0 Å². The average molecular weight is 274 g/mol. The van der Waals surface area contributed by atoms with Crippen LogP contribution < -0.4 is 0 Å². The molecule has 4 unspecified atom stereocenters. The van der Waals surface area contributed by atoms with Crippen LogP contribution in [0.15, 0.2) is 0 Å². The van der Waals surface area contributed by atoms with Gasteiger partial charge in [0.15, 0.2) is 0 Å². The minimum absolute atomic E-state index is 0.461. The molecule has 0 aromatic carbocycles. The Morgan fingerprint density at radius 3 is 1.11 bits per heavy atom. The van der Waals surface area contributed by atoms with Crippen LogP contribution in [0.25, 0.3) is 0 Å². The Kier molecular flexibility index (Phi) is 4.44. The topological polar surface area (TPSA) is 80.9 Å². The summed E-state index contributed by atoms with van der Waals surface area (Å²) in [5, 5.41) is 41.6. The van der Waals surface area contributed by atoms with Crippen LogP contribution in [0, 0.1) is 16.2 Å². The molecule has 1 fully saturated rings. The van der Waals surface area contributed by atoms with E-state index in [0.717, 1.165) is 0 Å². The van der Waals surface area contributed by atoms with Crippen molar-refractivity contribution < 1.29 is 20.4 Å². The summed E-state index contributed by atoms with van der Waals surface area (Å²) in [5.41, 5.74) is -1.90. The third-order valence-corrected chi connectivity index (χ3v) is 5.14. The smallest absolute Gasteiger partial charge is 0.0880 e. The van der Waals surface area contributed by atoms with E-state index >= 15 is 0 Å². The number of aliphatic hydroxyl groups is 4. The van der Waals surface area contributed by atoms with Crippen LogP contribution in [0.3, 0.4) is 0 Å². The van der Waals surface area contributed by atoms with Crippen LogP contribution in [0.4, 0.5) is 0 Å². The van der Waals surface area contributed by atoms with Crippen LogP contribution >= 0.6 is 0 Å². The van der Waals surface area contributed by atoms with Gasteiger partial charge in [-0.3, -0.25) is 0 Å². The van der Waals surface area contributed by atoms with Gasteiger partial charge in [-0.05, 0) is 23.7 Å². The maximum Gasteiger partial charge on any atom is 0.0880 e. The normalized spacial score (nSPS) is 42.0. The van der Waals surface area contributed by atoms with Crippen molar-refractivity contribution in [2.45, 2.75) is 78.8 Å². The maximum absolute atomic E-state index is 10.4. The molecule has 0 bridgehead atoms. The molecule has 1 aliphatic carbocycles. The third kappa shape index (κ3) is 2.97. The van der Waals surface area contributed by atoms with Crippen molar-refractivity contribution in [2.75, 3.05) is 0 Å². The van der Waals surface area contributed by atoms with Crippen LogP contribution in [-0.4, -0.2) is 44.8 Å². The van der Waals surface area contributed by atoms with E-state index in [1.54, 1.807) is 13.8 Å². The van der Waals surface area contributed by atoms with Crippen LogP contribution in [0.1, 0.15) is 54.4 Å². The van der Waals surface area contributed by atoms with E-state index in [1.165, 1.54) is 0 Å². The predicted molar refractivity (Wildman–Crippen MR) is 74.6 cm³/mol. The number of hydrogen-bond donors (Lipinski definition) is 4. The lowest BCUT2D eigenvalue weighted by Crippen LogP contribution is -2.55. The summed E-state index contributed by atoms with van der Waals surface area (Å²) in [6.07, 6.45) is -2.67. The molecule has 0 aromatic rings. The zero-order valence-corrected chi connectivity index (χ0v) is 13.0. The highest BCUT2D eigenvalue weighted by atomic mass is 16.3. The standard InChI is InChI=1S/C15H30O4/c1-13(2)7-8-14(3,4)10(17)12(19)15(5,6)11(18)9(13)16/h9-12,16-19H,7-8H2,1-6H3. The van der Waals surface area contributed by atoms with Crippen LogP contribution in [-0.2, 0) is 0 Å². The molecular formula is C15H30O4. The summed E-state index contributed by atoms with van der Waals surface area (Å²) in [4.78, 5) is 0. The second-order valence-corrected chi connectivity index (χ2v) is 8.08. The molecular weight excluding hydrogens is 244 g/mol. The number of aliphatic hydroxyl groups excluding tert-OH is 4. The Bertz CT molecular complexity index is 292. The Hall–Kier alpha value is -0.160. The molecule has 0 aromatic heterocycles. The summed E-state index contributed by atoms with van der Waals surface area (Å²) >= 11 is 0. The van der Waals surface area contributed by atoms with Crippen molar-refractivity contribution in [3.63, 3.8) is 0 Å². The molecule has 114 valence electrons. The molecule has 1 saturated carbocycles. The molecule has 4 nitrogen and oxygen atoms in total. The Labute approximate surface area is 116 Å². The molecule has 0 heterocycles. The lowest BCUT2D eigenvalue weighted by atomic mass is 9.70. The molecule has 0 amide bonds. The highest BCUT2D eigenvalue weighted by molar-refractivity contribution is 5.01. The summed E-state index contributed by atoms with van der Waals surface area (Å²) in [7, 11) is 0. The highest BCUT2D eigenvalue weighted by Crippen LogP contribution is 2.45. The lowest BCUT2D eigenvalue weighted by Gasteiger charge is -2.43. The number of hydrogen-bond acceptors (Lipinski definition) is 4. The van der Waals surface area contributed by atoms with Gasteiger partial charge >= 0.3 is 0 Å². The van der Waals surface area contributed by atoms with Crippen molar-refractivity contribution in [1.29, 1.82) is 0 Å². The van der Waals surface area contributed by atoms with Gasteiger partial charge in [-0.1, -0.05) is 41.5 Å². The van der Waals surface area contributed by atoms with Gasteiger partial charge in [0.05, 0.1) is 24.4 Å². The lowest BCUT2D eigenvalue weighted by molar-refractivity contribution is -0.163. The van der Waals surface area contributed by atoms with E-state index in [0.29, 0.717) is 12.8 Å². The van der Waals surface area contributed by atoms with E-state index in [4.69, 9.17) is 0 Å². The number of rotatable bonds is 0. The summed E-state index contributed by atoms with van der Waals surface area (Å²) in [6, 6.07) is 0. The predicted octanol–water partition coefficient (Wildman–Crippen LogP) is 1.30. The van der Waals surface area contributed by atoms with E-state index in [2.05, 4.69) is 0 Å². The van der Waals surface area contributed by atoms with Crippen molar-refractivity contribution in [3.05, 3.63) is 0 Å². The quantitative estimate of drug-likeness (QED) is 0.537. The van der Waals surface area contributed by atoms with E-state index in [-0.39, 0.29) is 0 Å². The van der Waals surface area contributed by atoms with Crippen LogP contribution in [0.2, 0.25) is 0 Å². The minimum Gasteiger partial charge on any atom is -0.390 e. The molecule has 0 saturated heterocycles. The fourth-order valence-corrected chi connectivity index (χ4v) is 2.78. The molecule has 19 heavy (non-hydrogen) atoms. The molecule has 0 aliphatic heterocycles. The fourth-order valence-electron chi connectivity index (χ4n) is 2.78. The second-order valence-electron chi connectivity index (χ2n) is 8.08. The monoisotopic (exact) mass is 274 g/mol. The van der Waals surface area contributed by atoms with Gasteiger partial charge < -0.3 is 20.4 Å². The first-order valence-corrected chi connectivity index (χ1v) is 7.06. The van der Waals surface area contributed by atoms with Crippen LogP contribution in [0.5, 0.6) is 0 Å². The largest absolute Gasteiger partial charge is 0.390 e. The minimum atomic E-state index is -1.08. The van der Waals surface area contributed by atoms with Crippen molar-refractivity contribution in [2.24, 2.45) is 16.2 Å². The van der Waals surface area contributed by atoms with Crippen molar-refractivity contribution in [3.8, 4) is 0 Å². The Morgan fingerprint density at radius 1 is 0.579 bits per heavy atom.